The number of thiocarbonyl (C=S) groups is 1. The number of hydrazine groups is 1. The molecule has 0 aromatic heterocycles. The molecule has 0 saturated carbocycles. The standard InChI is InChI=1S/C19H19BrN4O5S/c1-2-3-10-29-16-9-8-12(11-14(16)20)17(25)21-19(30)23-22-18(26)13-6-4-5-7-15(13)24(27)28/h4-9,11H,2-3,10H2,1H3,(H,22,26)(H2,21,23,25,30). The number of halogens is 1. The van der Waals surface area contributed by atoms with Crippen LogP contribution in [0.5, 0.6) is 5.75 Å². The SMILES string of the molecule is CCCCOc1ccc(C(=O)NC(=S)NNC(=O)c2ccccc2[N+](=O)[O-])cc1Br. The molecule has 0 aliphatic carbocycles. The number of hydrogen-bond donors (Lipinski definition) is 3. The number of hydrogen-bond acceptors (Lipinski definition) is 6. The first-order valence-electron chi connectivity index (χ1n) is 8.91. The number of carbonyl (C=O) groups excluding carboxylic acids is 2. The molecule has 0 unspecified atom stereocenters. The maximum atomic E-state index is 12.3. The molecule has 158 valence electrons. The Hall–Kier alpha value is -3.05. The van der Waals surface area contributed by atoms with Crippen molar-refractivity contribution in [1.29, 1.82) is 0 Å². The van der Waals surface area contributed by atoms with Gasteiger partial charge in [-0.2, -0.15) is 0 Å². The van der Waals surface area contributed by atoms with Crippen molar-refractivity contribution in [3.05, 3.63) is 68.2 Å². The summed E-state index contributed by atoms with van der Waals surface area (Å²) in [6, 6.07) is 10.3. The highest BCUT2D eigenvalue weighted by atomic mass is 79.9. The normalized spacial score (nSPS) is 10.1. The molecular weight excluding hydrogens is 476 g/mol. The zero-order valence-electron chi connectivity index (χ0n) is 15.9. The number of amides is 2. The Morgan fingerprint density at radius 1 is 1.17 bits per heavy atom. The lowest BCUT2D eigenvalue weighted by molar-refractivity contribution is -0.385. The Balaban J connectivity index is 1.92. The van der Waals surface area contributed by atoms with Gasteiger partial charge < -0.3 is 4.74 Å². The van der Waals surface area contributed by atoms with Crippen LogP contribution in [0.2, 0.25) is 0 Å². The molecule has 0 atom stereocenters. The minimum Gasteiger partial charge on any atom is -0.492 e. The fraction of sp³-hybridized carbons (Fsp3) is 0.211. The van der Waals surface area contributed by atoms with Crippen LogP contribution in [0.1, 0.15) is 40.5 Å². The lowest BCUT2D eigenvalue weighted by Crippen LogP contribution is -2.48. The van der Waals surface area contributed by atoms with Gasteiger partial charge in [0.25, 0.3) is 17.5 Å². The Morgan fingerprint density at radius 2 is 1.90 bits per heavy atom. The van der Waals surface area contributed by atoms with Gasteiger partial charge >= 0.3 is 0 Å². The number of ether oxygens (including phenoxy) is 1. The zero-order chi connectivity index (χ0) is 22.1. The first kappa shape index (κ1) is 23.2. The molecule has 2 rings (SSSR count). The van der Waals surface area contributed by atoms with Crippen LogP contribution < -0.4 is 20.9 Å². The largest absolute Gasteiger partial charge is 0.492 e. The van der Waals surface area contributed by atoms with Crippen molar-refractivity contribution in [2.75, 3.05) is 6.61 Å². The first-order chi connectivity index (χ1) is 14.3. The van der Waals surface area contributed by atoms with E-state index in [1.165, 1.54) is 24.3 Å². The molecule has 11 heteroatoms. The second kappa shape index (κ2) is 11.2. The molecule has 9 nitrogen and oxygen atoms in total. The Morgan fingerprint density at radius 3 is 2.57 bits per heavy atom. The number of benzene rings is 2. The number of carbonyl (C=O) groups is 2. The van der Waals surface area contributed by atoms with Gasteiger partial charge in [0, 0.05) is 11.6 Å². The first-order valence-corrected chi connectivity index (χ1v) is 10.1. The fourth-order valence-corrected chi connectivity index (χ4v) is 2.93. The highest BCUT2D eigenvalue weighted by Crippen LogP contribution is 2.26. The highest BCUT2D eigenvalue weighted by Gasteiger charge is 2.19. The quantitative estimate of drug-likeness (QED) is 0.233. The molecule has 0 bridgehead atoms. The number of para-hydroxylation sites is 1. The van der Waals surface area contributed by atoms with Crippen LogP contribution >= 0.6 is 28.1 Å². The number of unbranched alkanes of at least 4 members (excludes halogenated alkanes) is 1. The summed E-state index contributed by atoms with van der Waals surface area (Å²) in [7, 11) is 0. The van der Waals surface area contributed by atoms with E-state index in [1.54, 1.807) is 18.2 Å². The molecule has 30 heavy (non-hydrogen) atoms. The van der Waals surface area contributed by atoms with E-state index in [9.17, 15) is 19.7 Å². The monoisotopic (exact) mass is 494 g/mol. The molecule has 3 N–H and O–H groups in total. The van der Waals surface area contributed by atoms with E-state index in [0.717, 1.165) is 12.8 Å². The molecule has 0 heterocycles. The van der Waals surface area contributed by atoms with Crippen molar-refractivity contribution < 1.29 is 19.2 Å². The molecule has 0 fully saturated rings. The Labute approximate surface area is 186 Å². The van der Waals surface area contributed by atoms with Gasteiger partial charge in [-0.15, -0.1) is 0 Å². The molecule has 0 aliphatic heterocycles. The molecule has 0 radical (unpaired) electrons. The van der Waals surface area contributed by atoms with Crippen LogP contribution in [0.15, 0.2) is 46.9 Å². The predicted octanol–water partition coefficient (Wildman–Crippen LogP) is 3.49. The van der Waals surface area contributed by atoms with Crippen molar-refractivity contribution in [2.45, 2.75) is 19.8 Å². The van der Waals surface area contributed by atoms with Gasteiger partial charge in [0.2, 0.25) is 0 Å². The van der Waals surface area contributed by atoms with Gasteiger partial charge in [0.1, 0.15) is 11.3 Å². The van der Waals surface area contributed by atoms with E-state index >= 15 is 0 Å². The molecule has 0 saturated heterocycles. The summed E-state index contributed by atoms with van der Waals surface area (Å²) in [5.74, 6) is -0.652. The fourth-order valence-electron chi connectivity index (χ4n) is 2.30. The molecule has 2 amide bonds. The lowest BCUT2D eigenvalue weighted by atomic mass is 10.2. The van der Waals surface area contributed by atoms with Crippen LogP contribution in [-0.4, -0.2) is 28.5 Å². The number of nitrogens with zero attached hydrogens (tertiary/aromatic N) is 1. The average molecular weight is 495 g/mol. The molecular formula is C19H19BrN4O5S. The smallest absolute Gasteiger partial charge is 0.282 e. The third-order valence-electron chi connectivity index (χ3n) is 3.81. The predicted molar refractivity (Wildman–Crippen MR) is 118 cm³/mol. The number of nitrogens with one attached hydrogen (secondary N) is 3. The van der Waals surface area contributed by atoms with Crippen molar-refractivity contribution in [1.82, 2.24) is 16.2 Å². The molecule has 0 aliphatic rings. The van der Waals surface area contributed by atoms with Crippen molar-refractivity contribution in [2.24, 2.45) is 0 Å². The van der Waals surface area contributed by atoms with Gasteiger partial charge in [-0.1, -0.05) is 25.5 Å². The summed E-state index contributed by atoms with van der Waals surface area (Å²) in [6.07, 6.45) is 1.93. The Bertz CT molecular complexity index is 970. The van der Waals surface area contributed by atoms with Gasteiger partial charge in [-0.3, -0.25) is 35.9 Å². The van der Waals surface area contributed by atoms with Crippen LogP contribution in [0.3, 0.4) is 0 Å². The Kier molecular flexibility index (Phi) is 8.69. The van der Waals surface area contributed by atoms with E-state index in [1.807, 2.05) is 0 Å². The van der Waals surface area contributed by atoms with E-state index in [-0.39, 0.29) is 16.4 Å². The second-order valence-electron chi connectivity index (χ2n) is 5.98. The van der Waals surface area contributed by atoms with Crippen LogP contribution in [0.25, 0.3) is 0 Å². The summed E-state index contributed by atoms with van der Waals surface area (Å²) >= 11 is 8.35. The van der Waals surface area contributed by atoms with Gasteiger partial charge in [0.05, 0.1) is 16.0 Å². The average Bonchev–Trinajstić information content (AvgIpc) is 2.73. The molecule has 2 aromatic carbocycles. The minimum atomic E-state index is -0.768. The van der Waals surface area contributed by atoms with Crippen molar-refractivity contribution >= 4 is 50.8 Å². The third kappa shape index (κ3) is 6.49. The van der Waals surface area contributed by atoms with Crippen LogP contribution in [0.4, 0.5) is 5.69 Å². The zero-order valence-corrected chi connectivity index (χ0v) is 18.3. The molecule has 0 spiro atoms. The van der Waals surface area contributed by atoms with Crippen LogP contribution in [0, 0.1) is 10.1 Å². The third-order valence-corrected chi connectivity index (χ3v) is 4.64. The van der Waals surface area contributed by atoms with Gasteiger partial charge in [0.15, 0.2) is 5.11 Å². The molecule has 2 aromatic rings. The van der Waals surface area contributed by atoms with Gasteiger partial charge in [-0.25, -0.2) is 0 Å². The maximum Gasteiger partial charge on any atom is 0.282 e. The van der Waals surface area contributed by atoms with Crippen LogP contribution in [-0.2, 0) is 0 Å². The van der Waals surface area contributed by atoms with E-state index in [0.29, 0.717) is 22.4 Å². The summed E-state index contributed by atoms with van der Waals surface area (Å²) in [4.78, 5) is 34.8. The number of nitro groups is 1. The van der Waals surface area contributed by atoms with Gasteiger partial charge in [-0.05, 0) is 58.8 Å². The summed E-state index contributed by atoms with van der Waals surface area (Å²) in [6.45, 7) is 2.64. The van der Waals surface area contributed by atoms with Crippen molar-refractivity contribution in [3.63, 3.8) is 0 Å². The summed E-state index contributed by atoms with van der Waals surface area (Å²) in [5.41, 5.74) is 4.39. The highest BCUT2D eigenvalue weighted by molar-refractivity contribution is 9.10. The van der Waals surface area contributed by atoms with E-state index < -0.39 is 16.7 Å². The maximum absolute atomic E-state index is 12.3. The topological polar surface area (TPSA) is 123 Å². The second-order valence-corrected chi connectivity index (χ2v) is 7.25. The number of rotatable bonds is 7. The number of nitro benzene ring substituents is 1. The minimum absolute atomic E-state index is 0.147. The summed E-state index contributed by atoms with van der Waals surface area (Å²) in [5, 5.41) is 13.2. The van der Waals surface area contributed by atoms with Crippen molar-refractivity contribution in [3.8, 4) is 5.75 Å². The lowest BCUT2D eigenvalue weighted by Gasteiger charge is -2.12. The summed E-state index contributed by atoms with van der Waals surface area (Å²) < 4.78 is 6.23. The van der Waals surface area contributed by atoms with E-state index in [4.69, 9.17) is 17.0 Å². The van der Waals surface area contributed by atoms with E-state index in [2.05, 4.69) is 39.0 Å².